The van der Waals surface area contributed by atoms with E-state index in [0.29, 0.717) is 0 Å². The minimum atomic E-state index is -5.75. The van der Waals surface area contributed by atoms with Crippen LogP contribution in [0.3, 0.4) is 0 Å². The van der Waals surface area contributed by atoms with E-state index < -0.39 is 96.2 Å². The number of ether oxygens (including phenoxy) is 2. The number of hydrogen-bond donors (Lipinski definition) is 10. The molecule has 11 N–H and O–H groups in total. The largest absolute Gasteiger partial charge is 0.470 e. The molecule has 2 aliphatic heterocycles. The second-order valence-electron chi connectivity index (χ2n) is 10.4. The van der Waals surface area contributed by atoms with Crippen LogP contribution in [0.15, 0.2) is 42.0 Å². The first-order valence-electron chi connectivity index (χ1n) is 13.3. The van der Waals surface area contributed by atoms with Crippen molar-refractivity contribution in [1.29, 1.82) is 0 Å². The van der Waals surface area contributed by atoms with E-state index in [4.69, 9.17) is 19.7 Å². The predicted octanol–water partition coefficient (Wildman–Crippen LogP) is -3.80. The van der Waals surface area contributed by atoms with Gasteiger partial charge >= 0.3 is 23.2 Å². The van der Waals surface area contributed by atoms with Gasteiger partial charge in [0.1, 0.15) is 36.1 Å². The maximum Gasteiger partial charge on any atom is 0.470 e. The summed E-state index contributed by atoms with van der Waals surface area (Å²) in [6.07, 6.45) is -11.0. The van der Waals surface area contributed by atoms with E-state index in [1.807, 2.05) is 0 Å². The number of aliphatic hydroxyl groups excluding tert-OH is 3. The van der Waals surface area contributed by atoms with E-state index >= 15 is 0 Å². The number of carbonyl (C=O) groups excluding carboxylic acids is 1. The zero-order valence-corrected chi connectivity index (χ0v) is 26.4. The molecule has 24 nitrogen and oxygen atoms in total. The van der Waals surface area contributed by atoms with Crippen LogP contribution in [0.25, 0.3) is 11.2 Å². The van der Waals surface area contributed by atoms with Gasteiger partial charge in [0, 0.05) is 6.07 Å². The number of nitrogens with one attached hydrogen (secondary N) is 1. The topological polar surface area (TPSA) is 370 Å². The van der Waals surface area contributed by atoms with Crippen molar-refractivity contribution < 1.29 is 85.9 Å². The Morgan fingerprint density at radius 2 is 1.77 bits per heavy atom. The summed E-state index contributed by atoms with van der Waals surface area (Å²) in [6.45, 7) is -1.06. The molecule has 48 heavy (non-hydrogen) atoms. The average Bonchev–Trinajstić information content (AvgIpc) is 3.64. The minimum Gasteiger partial charge on any atom is -0.387 e. The van der Waals surface area contributed by atoms with E-state index in [9.17, 15) is 63.1 Å². The summed E-state index contributed by atoms with van der Waals surface area (Å²) in [5, 5.41) is 32.2. The number of H-pyrrole nitrogens is 1. The number of nitrogens with zero attached hydrogens (tertiary/aromatic N) is 4. The van der Waals surface area contributed by atoms with Crippen molar-refractivity contribution in [3.8, 4) is 0 Å². The molecule has 2 saturated heterocycles. The number of aliphatic hydroxyl groups is 3. The van der Waals surface area contributed by atoms with Crippen molar-refractivity contribution in [3.05, 3.63) is 53.1 Å². The number of aromatic amines is 1. The molecule has 10 unspecified atom stereocenters. The molecule has 5 heterocycles. The van der Waals surface area contributed by atoms with Crippen molar-refractivity contribution in [2.24, 2.45) is 5.73 Å². The monoisotopic (exact) mass is 745 g/mol. The number of aromatic nitrogens is 5. The Morgan fingerprint density at radius 3 is 2.42 bits per heavy atom. The summed E-state index contributed by atoms with van der Waals surface area (Å²) in [4.78, 5) is 82.6. The molecule has 2 fully saturated rings. The van der Waals surface area contributed by atoms with Crippen LogP contribution in [0.2, 0.25) is 0 Å². The summed E-state index contributed by atoms with van der Waals surface area (Å²) >= 11 is 0. The number of fused-ring (bicyclic) bond motifs is 1. The van der Waals surface area contributed by atoms with E-state index in [2.05, 4.69) is 24.0 Å². The van der Waals surface area contributed by atoms with Gasteiger partial charge in [-0.2, -0.15) is 4.57 Å². The number of primary amides is 1. The average molecular weight is 745 g/mol. The number of hydrogen-bond acceptors (Lipinski definition) is 15. The van der Waals surface area contributed by atoms with Gasteiger partial charge in [0.05, 0.1) is 19.3 Å². The molecule has 5 rings (SSSR count). The van der Waals surface area contributed by atoms with Crippen LogP contribution in [0.5, 0.6) is 0 Å². The Balaban J connectivity index is 1.42. The number of phosphoric acid groups is 2. The second-order valence-corrected chi connectivity index (χ2v) is 14.7. The lowest BCUT2D eigenvalue weighted by molar-refractivity contribution is -0.765. The zero-order valence-electron chi connectivity index (χ0n) is 23.7. The molecule has 0 spiro atoms. The van der Waals surface area contributed by atoms with Crippen molar-refractivity contribution in [2.75, 3.05) is 6.61 Å². The molecule has 10 atom stereocenters. The number of carbonyl (C=O) groups is 1. The number of imidazole rings is 1. The highest BCUT2D eigenvalue weighted by molar-refractivity contribution is 7.54. The minimum absolute atomic E-state index is 0.000471. The molecule has 264 valence electrons. The molecule has 0 aromatic carbocycles. The van der Waals surface area contributed by atoms with Crippen LogP contribution in [0.4, 0.5) is 0 Å². The second kappa shape index (κ2) is 13.5. The highest BCUT2D eigenvalue weighted by Crippen LogP contribution is 2.59. The van der Waals surface area contributed by atoms with Crippen LogP contribution in [-0.2, 0) is 36.7 Å². The summed E-state index contributed by atoms with van der Waals surface area (Å²) in [5.41, 5.74) is 3.89. The number of nitrogens with two attached hydrogens (primary N) is 1. The first-order chi connectivity index (χ1) is 22.3. The maximum atomic E-state index is 13.5. The molecular weight excluding hydrogens is 717 g/mol. The van der Waals surface area contributed by atoms with Gasteiger partial charge in [-0.05, 0) is 6.07 Å². The molecule has 0 saturated carbocycles. The van der Waals surface area contributed by atoms with Crippen LogP contribution in [0, 0.1) is 0 Å². The van der Waals surface area contributed by atoms with Gasteiger partial charge in [-0.15, -0.1) is 0 Å². The fraction of sp³-hybridized carbons (Fsp3) is 0.476. The van der Waals surface area contributed by atoms with Crippen LogP contribution in [0.1, 0.15) is 22.8 Å². The fourth-order valence-corrected chi connectivity index (χ4v) is 7.98. The van der Waals surface area contributed by atoms with Crippen LogP contribution >= 0.6 is 23.2 Å². The van der Waals surface area contributed by atoms with E-state index in [1.165, 1.54) is 29.1 Å². The molecule has 3 aromatic heterocycles. The Labute approximate surface area is 266 Å². The lowest BCUT2D eigenvalue weighted by Crippen LogP contribution is -2.46. The number of rotatable bonds is 12. The quantitative estimate of drug-likeness (QED) is 0.0627. The first kappa shape index (κ1) is 36.4. The molecule has 3 aromatic rings. The van der Waals surface area contributed by atoms with Crippen LogP contribution in [-0.4, -0.2) is 114 Å². The summed E-state index contributed by atoms with van der Waals surface area (Å²) < 4.78 is 64.5. The molecule has 0 radical (unpaired) electrons. The van der Waals surface area contributed by atoms with Crippen molar-refractivity contribution in [2.45, 2.75) is 54.9 Å². The number of phosphoric ester groups is 2. The summed E-state index contributed by atoms with van der Waals surface area (Å²) in [5.74, 6) is -3.65. The summed E-state index contributed by atoms with van der Waals surface area (Å²) in [6, 6.07) is 2.73. The van der Waals surface area contributed by atoms with Crippen molar-refractivity contribution in [3.63, 3.8) is 0 Å². The molecule has 1 amide bonds. The highest BCUT2D eigenvalue weighted by atomic mass is 31.2. The smallest absolute Gasteiger partial charge is 0.387 e. The zero-order chi connectivity index (χ0) is 35.3. The SMILES string of the molecule is NC(=O)c1ccc[n+](C2OC(COP(=O)(O)C(OP(=O)(O)O)C3OC(n4cnc5c(=O)[nH]cnc54)C(OP(=O)(O)O)C3O)C(O)C2O)c1. The Hall–Kier alpha value is -2.86. The first-order valence-corrected chi connectivity index (χ1v) is 18.0. The fourth-order valence-electron chi connectivity index (χ4n) is 5.07. The standard InChI is InChI=1S/C21H27N6O18P3/c22-16(31)8-2-1-3-26(4-8)19-12(29)11(28)9(42-19)5-41-46(33,34)21(45-48(38,39)40)15-13(30)14(44-47(35,36)37)20(43-15)27-7-25-10-17(27)23-6-24-18(10)32/h1-4,6-7,9,11-15,19-21,28-30H,5H2,(H7-,22,23,24,31,32,33,34,35,36,37,38,39,40)/p+1. The van der Waals surface area contributed by atoms with Gasteiger partial charge in [-0.3, -0.25) is 27.8 Å². The highest BCUT2D eigenvalue weighted by Gasteiger charge is 2.58. The third kappa shape index (κ3) is 7.64. The van der Waals surface area contributed by atoms with E-state index in [-0.39, 0.29) is 16.7 Å². The normalized spacial score (nSPS) is 30.0. The lowest BCUT2D eigenvalue weighted by atomic mass is 10.1. The third-order valence-corrected chi connectivity index (χ3v) is 9.91. The van der Waals surface area contributed by atoms with Gasteiger partial charge < -0.3 is 64.5 Å². The maximum absolute atomic E-state index is 13.5. The number of amides is 1. The van der Waals surface area contributed by atoms with Crippen LogP contribution < -0.4 is 15.9 Å². The molecule has 0 aliphatic carbocycles. The molecular formula is C21H28N6O18P3+. The van der Waals surface area contributed by atoms with Crippen molar-refractivity contribution in [1.82, 2.24) is 19.5 Å². The van der Waals surface area contributed by atoms with E-state index in [0.717, 1.165) is 17.2 Å². The van der Waals surface area contributed by atoms with Gasteiger partial charge in [0.2, 0.25) is 0 Å². The van der Waals surface area contributed by atoms with Gasteiger partial charge in [-0.25, -0.2) is 19.1 Å². The number of pyridine rings is 1. The van der Waals surface area contributed by atoms with Gasteiger partial charge in [-0.1, -0.05) is 0 Å². The van der Waals surface area contributed by atoms with Gasteiger partial charge in [0.15, 0.2) is 41.7 Å². The Kier molecular flexibility index (Phi) is 10.2. The molecule has 2 aliphatic rings. The van der Waals surface area contributed by atoms with E-state index in [1.54, 1.807) is 0 Å². The van der Waals surface area contributed by atoms with Crippen molar-refractivity contribution >= 4 is 40.3 Å². The summed E-state index contributed by atoms with van der Waals surface area (Å²) in [7, 11) is -16.9. The third-order valence-electron chi connectivity index (χ3n) is 7.16. The molecule has 27 heteroatoms. The Bertz CT molecular complexity index is 1880. The lowest BCUT2D eigenvalue weighted by Gasteiger charge is -2.29. The Morgan fingerprint density at radius 1 is 1.06 bits per heavy atom. The molecule has 0 bridgehead atoms. The van der Waals surface area contributed by atoms with Gasteiger partial charge in [0.25, 0.3) is 17.7 Å². The predicted molar refractivity (Wildman–Crippen MR) is 149 cm³/mol.